The topological polar surface area (TPSA) is 49.4 Å². The van der Waals surface area contributed by atoms with E-state index in [0.717, 1.165) is 24.3 Å². The molecule has 0 saturated carbocycles. The Labute approximate surface area is 243 Å². The smallest absolute Gasteiger partial charge is 0.329 e. The third-order valence-electron chi connectivity index (χ3n) is 5.49. The molecule has 0 bridgehead atoms. The number of Topliss-reactive ketones (excluding diaryl/α,β-unsaturated/α-hetero) is 1. The minimum atomic E-state index is -5.16. The number of nitrogens with one attached hydrogen (secondary N) is 1. The monoisotopic (exact) mass is 656 g/mol. The first-order valence-corrected chi connectivity index (χ1v) is 12.5. The number of benzene rings is 2. The predicted molar refractivity (Wildman–Crippen MR) is 136 cm³/mol. The fraction of sp³-hybridized carbons (Fsp3) is 0.360. The van der Waals surface area contributed by atoms with E-state index in [-0.39, 0.29) is 20.6 Å². The highest BCUT2D eigenvalue weighted by atomic mass is 35.5. The lowest BCUT2D eigenvalue weighted by atomic mass is 9.95. The molecule has 16 heteroatoms. The molecule has 1 unspecified atom stereocenters. The van der Waals surface area contributed by atoms with Gasteiger partial charge in [-0.3, -0.25) is 4.79 Å². The predicted octanol–water partition coefficient (Wildman–Crippen LogP) is 9.19. The summed E-state index contributed by atoms with van der Waals surface area (Å²) in [7, 11) is 0. The molecule has 0 aliphatic heterocycles. The van der Waals surface area contributed by atoms with Crippen molar-refractivity contribution in [3.05, 3.63) is 73.7 Å². The standard InChI is InChI=1S/C25H20Cl3F9N2O2/c1-12(2)39(22(41)38-11-23(29,30)31)10-20(40)15-5-3-13(7-17(15)25(35,36)37)4-6-16(24(32,33)34)14-8-18(26)21(28)19(27)9-14/h3-9,12,16H,10-11H2,1-2H3,(H,38,41)/b6-4+. The summed E-state index contributed by atoms with van der Waals surface area (Å²) in [5.41, 5.74) is -3.26. The molecule has 41 heavy (non-hydrogen) atoms. The van der Waals surface area contributed by atoms with Crippen molar-refractivity contribution in [1.82, 2.24) is 10.2 Å². The van der Waals surface area contributed by atoms with Crippen molar-refractivity contribution in [2.75, 3.05) is 13.1 Å². The van der Waals surface area contributed by atoms with Gasteiger partial charge < -0.3 is 10.2 Å². The van der Waals surface area contributed by atoms with Crippen LogP contribution in [0, 0.1) is 0 Å². The number of nitrogens with zero attached hydrogens (tertiary/aromatic N) is 1. The van der Waals surface area contributed by atoms with Crippen molar-refractivity contribution in [1.29, 1.82) is 0 Å². The van der Waals surface area contributed by atoms with Crippen LogP contribution in [-0.4, -0.2) is 48.2 Å². The Kier molecular flexibility index (Phi) is 11.1. The number of ketones is 1. The van der Waals surface area contributed by atoms with Gasteiger partial charge in [-0.1, -0.05) is 59.1 Å². The van der Waals surface area contributed by atoms with E-state index in [0.29, 0.717) is 23.1 Å². The molecule has 0 radical (unpaired) electrons. The van der Waals surface area contributed by atoms with E-state index in [1.807, 2.05) is 0 Å². The molecule has 0 fully saturated rings. The Morgan fingerprint density at radius 3 is 1.95 bits per heavy atom. The van der Waals surface area contributed by atoms with E-state index in [2.05, 4.69) is 0 Å². The molecule has 4 nitrogen and oxygen atoms in total. The number of carbonyl (C=O) groups excluding carboxylic acids is 2. The molecular formula is C25H20Cl3F9N2O2. The van der Waals surface area contributed by atoms with Crippen LogP contribution in [0.5, 0.6) is 0 Å². The second kappa shape index (κ2) is 13.1. The number of hydrogen-bond acceptors (Lipinski definition) is 2. The van der Waals surface area contributed by atoms with Crippen LogP contribution < -0.4 is 5.32 Å². The van der Waals surface area contributed by atoms with Crippen LogP contribution in [0.25, 0.3) is 6.08 Å². The summed E-state index contributed by atoms with van der Waals surface area (Å²) >= 11 is 17.4. The maximum Gasteiger partial charge on any atom is 0.417 e. The Hall–Kier alpha value is -2.64. The third-order valence-corrected chi connectivity index (χ3v) is 6.68. The first-order valence-electron chi connectivity index (χ1n) is 11.4. The minimum Gasteiger partial charge on any atom is -0.329 e. The van der Waals surface area contributed by atoms with E-state index >= 15 is 0 Å². The van der Waals surface area contributed by atoms with Crippen molar-refractivity contribution in [3.63, 3.8) is 0 Å². The molecule has 0 aromatic heterocycles. The van der Waals surface area contributed by atoms with E-state index in [1.165, 1.54) is 13.8 Å². The molecule has 0 aliphatic rings. The number of hydrogen-bond donors (Lipinski definition) is 1. The van der Waals surface area contributed by atoms with E-state index < -0.39 is 72.1 Å². The Bertz CT molecular complexity index is 1280. The zero-order valence-electron chi connectivity index (χ0n) is 20.9. The van der Waals surface area contributed by atoms with Crippen molar-refractivity contribution < 1.29 is 49.1 Å². The number of allylic oxidation sites excluding steroid dienone is 1. The molecule has 2 rings (SSSR count). The quantitative estimate of drug-likeness (QED) is 0.175. The van der Waals surface area contributed by atoms with Crippen molar-refractivity contribution in [2.45, 2.75) is 44.3 Å². The van der Waals surface area contributed by atoms with Gasteiger partial charge in [-0.15, -0.1) is 0 Å². The second-order valence-electron chi connectivity index (χ2n) is 8.90. The lowest BCUT2D eigenvalue weighted by molar-refractivity contribution is -0.139. The highest BCUT2D eigenvalue weighted by Gasteiger charge is 2.40. The zero-order valence-corrected chi connectivity index (χ0v) is 23.2. The summed E-state index contributed by atoms with van der Waals surface area (Å²) in [6, 6.07) is 1.69. The summed E-state index contributed by atoms with van der Waals surface area (Å²) in [6.45, 7) is -0.0759. The summed E-state index contributed by atoms with van der Waals surface area (Å²) in [5.74, 6) is -3.61. The molecule has 2 aromatic carbocycles. The van der Waals surface area contributed by atoms with Crippen LogP contribution in [0.15, 0.2) is 36.4 Å². The van der Waals surface area contributed by atoms with Gasteiger partial charge in [0.15, 0.2) is 5.78 Å². The summed E-state index contributed by atoms with van der Waals surface area (Å²) < 4.78 is 120. The van der Waals surface area contributed by atoms with Gasteiger partial charge in [-0.2, -0.15) is 39.5 Å². The molecule has 0 saturated heterocycles. The molecule has 0 spiro atoms. The van der Waals surface area contributed by atoms with Crippen LogP contribution in [-0.2, 0) is 6.18 Å². The number of rotatable bonds is 8. The second-order valence-corrected chi connectivity index (χ2v) is 10.1. The van der Waals surface area contributed by atoms with Crippen LogP contribution in [0.4, 0.5) is 44.3 Å². The zero-order chi connectivity index (χ0) is 31.5. The highest BCUT2D eigenvalue weighted by Crippen LogP contribution is 2.41. The number of halogens is 12. The molecule has 0 aliphatic carbocycles. The average molecular weight is 658 g/mol. The highest BCUT2D eigenvalue weighted by molar-refractivity contribution is 6.48. The first-order chi connectivity index (χ1) is 18.6. The van der Waals surface area contributed by atoms with E-state index in [1.54, 1.807) is 5.32 Å². The van der Waals surface area contributed by atoms with Gasteiger partial charge in [0.1, 0.15) is 6.54 Å². The van der Waals surface area contributed by atoms with Gasteiger partial charge in [0.05, 0.1) is 33.1 Å². The maximum absolute atomic E-state index is 13.9. The third kappa shape index (κ3) is 9.71. The fourth-order valence-electron chi connectivity index (χ4n) is 3.52. The first kappa shape index (κ1) is 34.6. The van der Waals surface area contributed by atoms with Crippen LogP contribution in [0.1, 0.15) is 46.8 Å². The van der Waals surface area contributed by atoms with Crippen LogP contribution >= 0.6 is 34.8 Å². The van der Waals surface area contributed by atoms with Gasteiger partial charge >= 0.3 is 24.6 Å². The van der Waals surface area contributed by atoms with E-state index in [9.17, 15) is 49.1 Å². The molecule has 0 heterocycles. The van der Waals surface area contributed by atoms with Gasteiger partial charge in [0.2, 0.25) is 0 Å². The number of alkyl halides is 9. The van der Waals surface area contributed by atoms with Gasteiger partial charge in [0.25, 0.3) is 0 Å². The normalized spacial score (nSPS) is 13.5. The largest absolute Gasteiger partial charge is 0.417 e. The molecular weight excluding hydrogens is 638 g/mol. The van der Waals surface area contributed by atoms with Crippen molar-refractivity contribution in [3.8, 4) is 0 Å². The van der Waals surface area contributed by atoms with E-state index in [4.69, 9.17) is 34.8 Å². The van der Waals surface area contributed by atoms with Crippen LogP contribution in [0.2, 0.25) is 15.1 Å². The molecule has 2 amide bonds. The SMILES string of the molecule is CC(C)N(CC(=O)c1ccc(/C=C/C(c2cc(Cl)c(Cl)c(Cl)c2)C(F)(F)F)cc1C(F)(F)F)C(=O)NCC(F)(F)F. The van der Waals surface area contributed by atoms with Crippen LogP contribution in [0.3, 0.4) is 0 Å². The summed E-state index contributed by atoms with van der Waals surface area (Å²) in [6.07, 6.45) is -13.5. The van der Waals surface area contributed by atoms with Gasteiger partial charge in [-0.25, -0.2) is 4.79 Å². The molecule has 2 aromatic rings. The summed E-state index contributed by atoms with van der Waals surface area (Å²) in [4.78, 5) is 25.5. The average Bonchev–Trinajstić information content (AvgIpc) is 2.82. The van der Waals surface area contributed by atoms with Crippen molar-refractivity contribution >= 4 is 52.7 Å². The molecule has 1 atom stereocenters. The fourth-order valence-corrected chi connectivity index (χ4v) is 4.13. The van der Waals surface area contributed by atoms with Gasteiger partial charge in [0, 0.05) is 11.6 Å². The number of urea groups is 1. The lowest BCUT2D eigenvalue weighted by Crippen LogP contribution is -2.48. The lowest BCUT2D eigenvalue weighted by Gasteiger charge is -2.27. The Morgan fingerprint density at radius 1 is 0.927 bits per heavy atom. The Morgan fingerprint density at radius 2 is 1.49 bits per heavy atom. The maximum atomic E-state index is 13.9. The molecule has 1 N–H and O–H groups in total. The summed E-state index contributed by atoms with van der Waals surface area (Å²) in [5, 5.41) is 0.799. The molecule has 226 valence electrons. The Balaban J connectivity index is 2.43. The van der Waals surface area contributed by atoms with Gasteiger partial charge in [-0.05, 0) is 43.2 Å². The number of amides is 2. The minimum absolute atomic E-state index is 0.189. The number of carbonyl (C=O) groups is 2. The van der Waals surface area contributed by atoms with Crippen molar-refractivity contribution in [2.24, 2.45) is 0 Å².